The Morgan fingerprint density at radius 2 is 1.84 bits per heavy atom. The molecule has 0 saturated heterocycles. The fraction of sp³-hybridized carbons (Fsp3) is 0.333. The van der Waals surface area contributed by atoms with Crippen molar-refractivity contribution in [2.45, 2.75) is 26.9 Å². The Labute approximate surface area is 122 Å². The van der Waals surface area contributed by atoms with Gasteiger partial charge in [0.15, 0.2) is 0 Å². The molecule has 0 amide bonds. The molecule has 102 valence electrons. The Morgan fingerprint density at radius 3 is 2.37 bits per heavy atom. The van der Waals surface area contributed by atoms with Crippen molar-refractivity contribution in [2.24, 2.45) is 0 Å². The second-order valence-corrected chi connectivity index (χ2v) is 5.97. The summed E-state index contributed by atoms with van der Waals surface area (Å²) in [5.41, 5.74) is 3.88. The average molecular weight is 297 g/mol. The van der Waals surface area contributed by atoms with Crippen molar-refractivity contribution in [1.82, 2.24) is 0 Å². The van der Waals surface area contributed by atoms with Crippen LogP contribution in [0.15, 0.2) is 17.5 Å². The van der Waals surface area contributed by atoms with Crippen LogP contribution < -0.4 is 4.74 Å². The topological polar surface area (TPSA) is 29.5 Å². The van der Waals surface area contributed by atoms with Gasteiger partial charge in [0.05, 0.1) is 17.0 Å². The SMILES string of the molecule is COc1cc(C)c(C(O)c2scc(C)c2Cl)cc1C. The zero-order chi connectivity index (χ0) is 14.2. The van der Waals surface area contributed by atoms with E-state index in [9.17, 15) is 5.11 Å². The summed E-state index contributed by atoms with van der Waals surface area (Å²) in [5, 5.41) is 13.2. The van der Waals surface area contributed by atoms with E-state index in [1.165, 1.54) is 11.3 Å². The summed E-state index contributed by atoms with van der Waals surface area (Å²) in [7, 11) is 1.65. The maximum absolute atomic E-state index is 10.5. The van der Waals surface area contributed by atoms with Crippen LogP contribution in [0.5, 0.6) is 5.75 Å². The fourth-order valence-corrected chi connectivity index (χ4v) is 3.40. The number of ether oxygens (including phenoxy) is 1. The molecule has 0 fully saturated rings. The van der Waals surface area contributed by atoms with Gasteiger partial charge in [-0.25, -0.2) is 0 Å². The number of rotatable bonds is 3. The third-order valence-corrected chi connectivity index (χ3v) is 5.02. The molecule has 0 spiro atoms. The van der Waals surface area contributed by atoms with Gasteiger partial charge < -0.3 is 9.84 Å². The third-order valence-electron chi connectivity index (χ3n) is 3.25. The van der Waals surface area contributed by atoms with Gasteiger partial charge >= 0.3 is 0 Å². The highest BCUT2D eigenvalue weighted by atomic mass is 35.5. The van der Waals surface area contributed by atoms with E-state index < -0.39 is 6.10 Å². The van der Waals surface area contributed by atoms with Crippen LogP contribution in [0.3, 0.4) is 0 Å². The molecule has 0 saturated carbocycles. The lowest BCUT2D eigenvalue weighted by atomic mass is 9.99. The number of benzene rings is 1. The molecule has 1 unspecified atom stereocenters. The molecule has 0 bridgehead atoms. The lowest BCUT2D eigenvalue weighted by Crippen LogP contribution is -2.02. The molecule has 0 aliphatic rings. The van der Waals surface area contributed by atoms with Crippen molar-refractivity contribution < 1.29 is 9.84 Å². The first-order chi connectivity index (χ1) is 8.95. The minimum atomic E-state index is -0.684. The summed E-state index contributed by atoms with van der Waals surface area (Å²) in [6.45, 7) is 5.88. The van der Waals surface area contributed by atoms with Gasteiger partial charge in [0.1, 0.15) is 11.9 Å². The van der Waals surface area contributed by atoms with Crippen LogP contribution in [0.2, 0.25) is 5.02 Å². The predicted molar refractivity (Wildman–Crippen MR) is 80.6 cm³/mol. The first-order valence-electron chi connectivity index (χ1n) is 6.02. The highest BCUT2D eigenvalue weighted by Crippen LogP contribution is 2.38. The van der Waals surface area contributed by atoms with Crippen molar-refractivity contribution in [1.29, 1.82) is 0 Å². The maximum atomic E-state index is 10.5. The van der Waals surface area contributed by atoms with Crippen molar-refractivity contribution in [3.05, 3.63) is 49.7 Å². The number of aliphatic hydroxyl groups is 1. The van der Waals surface area contributed by atoms with Gasteiger partial charge in [-0.1, -0.05) is 11.6 Å². The number of hydrogen-bond acceptors (Lipinski definition) is 3. The van der Waals surface area contributed by atoms with Crippen molar-refractivity contribution in [2.75, 3.05) is 7.11 Å². The van der Waals surface area contributed by atoms with E-state index in [1.807, 2.05) is 38.3 Å². The highest BCUT2D eigenvalue weighted by molar-refractivity contribution is 7.10. The van der Waals surface area contributed by atoms with E-state index in [0.717, 1.165) is 32.9 Å². The first kappa shape index (κ1) is 14.4. The molecule has 2 rings (SSSR count). The number of hydrogen-bond donors (Lipinski definition) is 1. The second-order valence-electron chi connectivity index (χ2n) is 4.68. The summed E-state index contributed by atoms with van der Waals surface area (Å²) < 4.78 is 5.29. The van der Waals surface area contributed by atoms with Crippen LogP contribution in [0.25, 0.3) is 0 Å². The van der Waals surface area contributed by atoms with Gasteiger partial charge in [0.25, 0.3) is 0 Å². The summed E-state index contributed by atoms with van der Waals surface area (Å²) in [6, 6.07) is 3.91. The Bertz CT molecular complexity index is 604. The summed E-state index contributed by atoms with van der Waals surface area (Å²) >= 11 is 7.72. The van der Waals surface area contributed by atoms with E-state index in [0.29, 0.717) is 5.02 Å². The van der Waals surface area contributed by atoms with Crippen LogP contribution in [0.4, 0.5) is 0 Å². The number of methoxy groups -OCH3 is 1. The van der Waals surface area contributed by atoms with Crippen LogP contribution in [0, 0.1) is 20.8 Å². The summed E-state index contributed by atoms with van der Waals surface area (Å²) in [4.78, 5) is 0.798. The standard InChI is InChI=1S/C15H17ClO2S/c1-8-6-12(18-4)9(2)5-11(8)14(17)15-13(16)10(3)7-19-15/h5-7,14,17H,1-4H3. The van der Waals surface area contributed by atoms with Crippen LogP contribution in [0.1, 0.15) is 33.2 Å². The molecule has 1 heterocycles. The van der Waals surface area contributed by atoms with Crippen LogP contribution >= 0.6 is 22.9 Å². The van der Waals surface area contributed by atoms with Crippen LogP contribution in [-0.2, 0) is 0 Å². The molecule has 1 N–H and O–H groups in total. The third kappa shape index (κ3) is 2.64. The second kappa shape index (κ2) is 5.53. The molecule has 1 aromatic carbocycles. The largest absolute Gasteiger partial charge is 0.496 e. The molecular weight excluding hydrogens is 280 g/mol. The minimum absolute atomic E-state index is 0.658. The molecule has 19 heavy (non-hydrogen) atoms. The van der Waals surface area contributed by atoms with E-state index in [-0.39, 0.29) is 0 Å². The highest BCUT2D eigenvalue weighted by Gasteiger charge is 2.20. The predicted octanol–water partition coefficient (Wildman–Crippen LogP) is 4.42. The molecule has 0 aliphatic carbocycles. The Balaban J connectivity index is 2.47. The van der Waals surface area contributed by atoms with Crippen LogP contribution in [-0.4, -0.2) is 12.2 Å². The van der Waals surface area contributed by atoms with E-state index in [4.69, 9.17) is 16.3 Å². The molecule has 1 atom stereocenters. The monoisotopic (exact) mass is 296 g/mol. The fourth-order valence-electron chi connectivity index (χ4n) is 2.10. The zero-order valence-electron chi connectivity index (χ0n) is 11.5. The van der Waals surface area contributed by atoms with E-state index in [1.54, 1.807) is 7.11 Å². The van der Waals surface area contributed by atoms with Gasteiger partial charge in [-0.2, -0.15) is 0 Å². The van der Waals surface area contributed by atoms with Crippen molar-refractivity contribution >= 4 is 22.9 Å². The number of aryl methyl sites for hydroxylation is 3. The summed E-state index contributed by atoms with van der Waals surface area (Å²) in [5.74, 6) is 0.835. The normalized spacial score (nSPS) is 12.5. The number of thiophene rings is 1. The van der Waals surface area contributed by atoms with Gasteiger partial charge in [-0.05, 0) is 60.5 Å². The molecular formula is C15H17ClO2S. The molecule has 1 aromatic heterocycles. The van der Waals surface area contributed by atoms with Gasteiger partial charge in [-0.15, -0.1) is 11.3 Å². The molecule has 0 radical (unpaired) electrons. The minimum Gasteiger partial charge on any atom is -0.496 e. The Hall–Kier alpha value is -1.03. The molecule has 0 aliphatic heterocycles. The molecule has 2 nitrogen and oxygen atoms in total. The lowest BCUT2D eigenvalue weighted by molar-refractivity contribution is 0.223. The Kier molecular flexibility index (Phi) is 4.19. The van der Waals surface area contributed by atoms with Gasteiger partial charge in [0, 0.05) is 0 Å². The molecule has 2 aromatic rings. The zero-order valence-corrected chi connectivity index (χ0v) is 13.0. The quantitative estimate of drug-likeness (QED) is 0.908. The van der Waals surface area contributed by atoms with E-state index in [2.05, 4.69) is 0 Å². The summed E-state index contributed by atoms with van der Waals surface area (Å²) in [6.07, 6.45) is -0.684. The van der Waals surface area contributed by atoms with Crippen molar-refractivity contribution in [3.63, 3.8) is 0 Å². The van der Waals surface area contributed by atoms with Gasteiger partial charge in [0.2, 0.25) is 0 Å². The average Bonchev–Trinajstić information content (AvgIpc) is 2.71. The molecule has 4 heteroatoms. The maximum Gasteiger partial charge on any atom is 0.122 e. The number of aliphatic hydroxyl groups excluding tert-OH is 1. The number of halogens is 1. The first-order valence-corrected chi connectivity index (χ1v) is 7.28. The lowest BCUT2D eigenvalue weighted by Gasteiger charge is -2.16. The van der Waals surface area contributed by atoms with Gasteiger partial charge in [-0.3, -0.25) is 0 Å². The van der Waals surface area contributed by atoms with Crippen molar-refractivity contribution in [3.8, 4) is 5.75 Å². The smallest absolute Gasteiger partial charge is 0.122 e. The Morgan fingerprint density at radius 1 is 1.16 bits per heavy atom. The van der Waals surface area contributed by atoms with E-state index >= 15 is 0 Å².